The number of aryl methyl sites for hydroxylation is 2. The Morgan fingerprint density at radius 1 is 1.16 bits per heavy atom. The molecule has 2 saturated heterocycles. The summed E-state index contributed by atoms with van der Waals surface area (Å²) >= 11 is 0. The summed E-state index contributed by atoms with van der Waals surface area (Å²) in [5.41, 5.74) is 3.44. The molecule has 2 heterocycles. The summed E-state index contributed by atoms with van der Waals surface area (Å²) in [6.07, 6.45) is 4.25. The minimum atomic E-state index is -2.85. The van der Waals surface area contributed by atoms with Crippen LogP contribution in [-0.4, -0.2) is 67.9 Å². The summed E-state index contributed by atoms with van der Waals surface area (Å²) in [4.78, 5) is 16.5. The van der Waals surface area contributed by atoms with Gasteiger partial charge in [0, 0.05) is 38.3 Å². The fourth-order valence-electron chi connectivity index (χ4n) is 3.65. The highest BCUT2D eigenvalue weighted by Crippen LogP contribution is 2.19. The van der Waals surface area contributed by atoms with Crippen LogP contribution in [0, 0.1) is 13.8 Å². The maximum atomic E-state index is 12.4. The smallest absolute Gasteiger partial charge is 0.246 e. The Bertz CT molecular complexity index is 778. The highest BCUT2D eigenvalue weighted by Gasteiger charge is 2.34. The first-order chi connectivity index (χ1) is 11.8. The first-order valence-electron chi connectivity index (χ1n) is 8.83. The number of piperazine rings is 1. The molecule has 0 aromatic heterocycles. The van der Waals surface area contributed by atoms with Crippen molar-refractivity contribution in [2.75, 3.05) is 37.7 Å². The molecule has 0 radical (unpaired) electrons. The predicted molar refractivity (Wildman–Crippen MR) is 100 cm³/mol. The van der Waals surface area contributed by atoms with Gasteiger partial charge in [-0.1, -0.05) is 23.8 Å². The summed E-state index contributed by atoms with van der Waals surface area (Å²) in [7, 11) is -2.85. The van der Waals surface area contributed by atoms with Crippen molar-refractivity contribution in [1.29, 1.82) is 0 Å². The zero-order chi connectivity index (χ0) is 18.0. The molecule has 136 valence electrons. The molecule has 1 unspecified atom stereocenters. The normalized spacial score (nSPS) is 24.1. The van der Waals surface area contributed by atoms with Gasteiger partial charge in [-0.05, 0) is 37.5 Å². The molecule has 0 N–H and O–H groups in total. The van der Waals surface area contributed by atoms with Crippen molar-refractivity contribution < 1.29 is 13.2 Å². The van der Waals surface area contributed by atoms with E-state index in [1.54, 1.807) is 6.08 Å². The van der Waals surface area contributed by atoms with Crippen LogP contribution in [0.25, 0.3) is 6.08 Å². The SMILES string of the molecule is Cc1ccc(/C=C/C(=O)N2CCN(C3CCS(=O)(=O)C3)CC2)c(C)c1. The lowest BCUT2D eigenvalue weighted by Gasteiger charge is -2.37. The number of rotatable bonds is 3. The first-order valence-corrected chi connectivity index (χ1v) is 10.6. The minimum Gasteiger partial charge on any atom is -0.337 e. The van der Waals surface area contributed by atoms with E-state index in [1.165, 1.54) is 5.56 Å². The topological polar surface area (TPSA) is 57.7 Å². The van der Waals surface area contributed by atoms with Crippen molar-refractivity contribution in [3.05, 3.63) is 41.0 Å². The minimum absolute atomic E-state index is 0.0265. The van der Waals surface area contributed by atoms with E-state index in [0.29, 0.717) is 18.8 Å². The number of nitrogens with zero attached hydrogens (tertiary/aromatic N) is 2. The average molecular weight is 362 g/mol. The third-order valence-corrected chi connectivity index (χ3v) is 6.93. The van der Waals surface area contributed by atoms with Crippen LogP contribution >= 0.6 is 0 Å². The Balaban J connectivity index is 1.54. The number of hydrogen-bond donors (Lipinski definition) is 0. The van der Waals surface area contributed by atoms with Crippen molar-refractivity contribution >= 4 is 21.8 Å². The lowest BCUT2D eigenvalue weighted by atomic mass is 10.1. The second kappa shape index (κ2) is 7.30. The van der Waals surface area contributed by atoms with Gasteiger partial charge in [-0.25, -0.2) is 8.42 Å². The van der Waals surface area contributed by atoms with Crippen LogP contribution in [0.4, 0.5) is 0 Å². The summed E-state index contributed by atoms with van der Waals surface area (Å²) in [5.74, 6) is 0.599. The van der Waals surface area contributed by atoms with Gasteiger partial charge in [-0.2, -0.15) is 0 Å². The van der Waals surface area contributed by atoms with E-state index in [1.807, 2.05) is 30.0 Å². The van der Waals surface area contributed by atoms with Crippen molar-refractivity contribution in [2.24, 2.45) is 0 Å². The van der Waals surface area contributed by atoms with E-state index in [-0.39, 0.29) is 17.7 Å². The standard InChI is InChI=1S/C19H26N2O3S/c1-15-3-4-17(16(2)13-15)5-6-19(22)21-10-8-20(9-11-21)18-7-12-25(23,24)14-18/h3-6,13,18H,7-12,14H2,1-2H3/b6-5+. The fraction of sp³-hybridized carbons (Fsp3) is 0.526. The van der Waals surface area contributed by atoms with Gasteiger partial charge in [0.25, 0.3) is 0 Å². The maximum absolute atomic E-state index is 12.4. The lowest BCUT2D eigenvalue weighted by Crippen LogP contribution is -2.52. The van der Waals surface area contributed by atoms with Crippen molar-refractivity contribution in [3.8, 4) is 0 Å². The molecule has 1 amide bonds. The number of amides is 1. The van der Waals surface area contributed by atoms with Crippen LogP contribution in [-0.2, 0) is 14.6 Å². The monoisotopic (exact) mass is 362 g/mol. The van der Waals surface area contributed by atoms with Gasteiger partial charge in [0.15, 0.2) is 9.84 Å². The zero-order valence-corrected chi connectivity index (χ0v) is 15.8. The van der Waals surface area contributed by atoms with Crippen LogP contribution in [0.15, 0.2) is 24.3 Å². The molecule has 0 bridgehead atoms. The van der Waals surface area contributed by atoms with E-state index < -0.39 is 9.84 Å². The van der Waals surface area contributed by atoms with Crippen LogP contribution < -0.4 is 0 Å². The van der Waals surface area contributed by atoms with E-state index >= 15 is 0 Å². The third kappa shape index (κ3) is 4.50. The van der Waals surface area contributed by atoms with Gasteiger partial charge in [0.05, 0.1) is 11.5 Å². The number of hydrogen-bond acceptors (Lipinski definition) is 4. The van der Waals surface area contributed by atoms with Crippen molar-refractivity contribution in [2.45, 2.75) is 26.3 Å². The molecule has 0 saturated carbocycles. The first kappa shape index (κ1) is 18.1. The summed E-state index contributed by atoms with van der Waals surface area (Å²) < 4.78 is 23.2. The maximum Gasteiger partial charge on any atom is 0.246 e. The van der Waals surface area contributed by atoms with E-state index in [0.717, 1.165) is 30.6 Å². The number of sulfone groups is 1. The number of carbonyl (C=O) groups excluding carboxylic acids is 1. The second-order valence-corrected chi connectivity index (χ2v) is 9.34. The molecular weight excluding hydrogens is 336 g/mol. The van der Waals surface area contributed by atoms with E-state index in [4.69, 9.17) is 0 Å². The molecule has 25 heavy (non-hydrogen) atoms. The summed E-state index contributed by atoms with van der Waals surface area (Å²) in [6, 6.07) is 6.32. The Hall–Kier alpha value is -1.66. The molecule has 1 aromatic rings. The molecule has 2 aliphatic rings. The van der Waals surface area contributed by atoms with Crippen molar-refractivity contribution in [1.82, 2.24) is 9.80 Å². The molecule has 0 spiro atoms. The van der Waals surface area contributed by atoms with Gasteiger partial charge >= 0.3 is 0 Å². The number of carbonyl (C=O) groups is 1. The van der Waals surface area contributed by atoms with Gasteiger partial charge in [0.2, 0.25) is 5.91 Å². The Morgan fingerprint density at radius 2 is 1.88 bits per heavy atom. The van der Waals surface area contributed by atoms with Gasteiger partial charge in [0.1, 0.15) is 0 Å². The molecular formula is C19H26N2O3S. The zero-order valence-electron chi connectivity index (χ0n) is 14.9. The second-order valence-electron chi connectivity index (χ2n) is 7.11. The van der Waals surface area contributed by atoms with Gasteiger partial charge in [-0.15, -0.1) is 0 Å². The number of benzene rings is 1. The average Bonchev–Trinajstić information content (AvgIpc) is 2.94. The molecule has 6 heteroatoms. The molecule has 3 rings (SSSR count). The third-order valence-electron chi connectivity index (χ3n) is 5.18. The van der Waals surface area contributed by atoms with Gasteiger partial charge in [-0.3, -0.25) is 9.69 Å². The summed E-state index contributed by atoms with van der Waals surface area (Å²) in [5, 5.41) is 0. The lowest BCUT2D eigenvalue weighted by molar-refractivity contribution is -0.127. The van der Waals surface area contributed by atoms with Crippen LogP contribution in [0.3, 0.4) is 0 Å². The highest BCUT2D eigenvalue weighted by atomic mass is 32.2. The van der Waals surface area contributed by atoms with Crippen molar-refractivity contribution in [3.63, 3.8) is 0 Å². The Labute approximate surface area is 150 Å². The largest absolute Gasteiger partial charge is 0.337 e. The molecule has 0 aliphatic carbocycles. The molecule has 2 fully saturated rings. The predicted octanol–water partition coefficient (Wildman–Crippen LogP) is 1.65. The molecule has 2 aliphatic heterocycles. The fourth-order valence-corrected chi connectivity index (χ4v) is 5.41. The van der Waals surface area contributed by atoms with Crippen LogP contribution in [0.1, 0.15) is 23.1 Å². The van der Waals surface area contributed by atoms with Gasteiger partial charge < -0.3 is 4.90 Å². The Kier molecular flexibility index (Phi) is 5.29. The van der Waals surface area contributed by atoms with E-state index in [2.05, 4.69) is 17.9 Å². The molecule has 5 nitrogen and oxygen atoms in total. The van der Waals surface area contributed by atoms with Crippen LogP contribution in [0.2, 0.25) is 0 Å². The Morgan fingerprint density at radius 3 is 2.48 bits per heavy atom. The molecule has 1 atom stereocenters. The molecule has 1 aromatic carbocycles. The summed E-state index contributed by atoms with van der Waals surface area (Å²) in [6.45, 7) is 6.93. The quantitative estimate of drug-likeness (QED) is 0.767. The van der Waals surface area contributed by atoms with Crippen LogP contribution in [0.5, 0.6) is 0 Å². The van der Waals surface area contributed by atoms with E-state index in [9.17, 15) is 13.2 Å². The highest BCUT2D eigenvalue weighted by molar-refractivity contribution is 7.91.